The molecule has 12 heteroatoms. The summed E-state index contributed by atoms with van der Waals surface area (Å²) in [5.41, 5.74) is 0. The third-order valence-electron chi connectivity index (χ3n) is 0.813. The van der Waals surface area contributed by atoms with Gasteiger partial charge in [0.25, 0.3) is 0 Å². The largest absolute Gasteiger partial charge is 1.00 e. The molecule has 8 nitrogen and oxygen atoms in total. The van der Waals surface area contributed by atoms with Crippen molar-refractivity contribution >= 4 is 16.4 Å². The summed E-state index contributed by atoms with van der Waals surface area (Å²) in [5, 5.41) is 17.3. The number of aliphatic carboxylic acids is 1. The zero-order valence-corrected chi connectivity index (χ0v) is 19.6. The molecule has 0 aliphatic rings. The van der Waals surface area contributed by atoms with E-state index in [2.05, 4.69) is 13.2 Å². The summed E-state index contributed by atoms with van der Waals surface area (Å²) in [6.07, 6.45) is 2.08. The molecular weight excluding hydrogens is 337 g/mol. The van der Waals surface area contributed by atoms with Crippen molar-refractivity contribution < 1.29 is 126 Å². The molecule has 0 aliphatic carbocycles. The van der Waals surface area contributed by atoms with Crippen LogP contribution in [-0.2, 0) is 19.9 Å². The van der Waals surface area contributed by atoms with E-state index in [0.717, 1.165) is 6.92 Å². The van der Waals surface area contributed by atoms with Gasteiger partial charge in [-0.15, -0.1) is 13.2 Å². The first-order valence-electron chi connectivity index (χ1n) is 4.41. The molecule has 0 amide bonds. The first kappa shape index (κ1) is 38.4. The predicted molar refractivity (Wildman–Crippen MR) is 58.4 cm³/mol. The number of ether oxygens (including phenoxy) is 1. The average Bonchev–Trinajstić information content (AvgIpc) is 2.17. The van der Waals surface area contributed by atoms with Crippen LogP contribution in [0.3, 0.4) is 0 Å². The van der Waals surface area contributed by atoms with Gasteiger partial charge in [0.15, 0.2) is 0 Å². The van der Waals surface area contributed by atoms with Crippen LogP contribution in [0.4, 0.5) is 0 Å². The van der Waals surface area contributed by atoms with Gasteiger partial charge < -0.3 is 28.8 Å². The predicted octanol–water partition coefficient (Wildman–Crippen LogP) is -10.8. The summed E-state index contributed by atoms with van der Waals surface area (Å²) in [4.78, 5) is 9.34. The second kappa shape index (κ2) is 26.6. The Kier molecular flexibility index (Phi) is 48.6. The Morgan fingerprint density at radius 1 is 1.19 bits per heavy atom. The molecule has 0 aromatic carbocycles. The molecule has 0 fully saturated rings. The summed E-state index contributed by atoms with van der Waals surface area (Å²) in [6.45, 7) is 9.31. The minimum atomic E-state index is -5.17. The van der Waals surface area contributed by atoms with Crippen LogP contribution in [0.2, 0.25) is 0 Å². The van der Waals surface area contributed by atoms with Crippen molar-refractivity contribution in [3.63, 3.8) is 0 Å². The zero-order chi connectivity index (χ0) is 15.2. The monoisotopic (exact) mass is 352 g/mol. The number of aliphatic hydroxyl groups excluding tert-OH is 1. The normalized spacial score (nSPS) is 9.33. The smallest absolute Gasteiger partial charge is 0.759 e. The average molecular weight is 352 g/mol. The van der Waals surface area contributed by atoms with Crippen molar-refractivity contribution in [2.45, 2.75) is 13.0 Å². The fourth-order valence-electron chi connectivity index (χ4n) is 0.235. The maximum Gasteiger partial charge on any atom is 1.00 e. The minimum absolute atomic E-state index is 0. The number of aliphatic hydroxyl groups is 1. The standard InChI is InChI=1S/C6H10O.C3H6O3.3Na.H2O4S/c1-3-5-7-6-4-2;1-2(4)3(5)6;;;;1-5(2,3)4/h3-4H,1-2,5-6H2;2,4H,1H3,(H,5,6);;;;(H2,1,2,3,4)/q;;3*+1;/p-3/t;2-;;;;/m.0..../s1. The molecular formula is C9H15Na3O8S. The SMILES string of the molecule is C=CCOCC=C.C[C@H](O)C(=O)[O-].O=S(=O)([O-])[O-].[Na+].[Na+].[Na+]. The van der Waals surface area contributed by atoms with Crippen LogP contribution < -0.4 is 93.8 Å². The molecule has 21 heavy (non-hydrogen) atoms. The molecule has 0 rings (SSSR count). The number of rotatable bonds is 5. The summed E-state index contributed by atoms with van der Waals surface area (Å²) in [6, 6.07) is 0. The first-order valence-corrected chi connectivity index (χ1v) is 5.74. The Morgan fingerprint density at radius 2 is 1.38 bits per heavy atom. The molecule has 0 spiro atoms. The minimum Gasteiger partial charge on any atom is -0.759 e. The van der Waals surface area contributed by atoms with Crippen LogP contribution in [-0.4, -0.2) is 47.9 Å². The van der Waals surface area contributed by atoms with Gasteiger partial charge in [-0.1, -0.05) is 12.2 Å². The third-order valence-corrected chi connectivity index (χ3v) is 0.813. The summed E-state index contributed by atoms with van der Waals surface area (Å²) >= 11 is 0. The van der Waals surface area contributed by atoms with Gasteiger partial charge in [-0.3, -0.25) is 8.42 Å². The van der Waals surface area contributed by atoms with Crippen LogP contribution in [0.15, 0.2) is 25.3 Å². The maximum absolute atomic E-state index is 9.34. The van der Waals surface area contributed by atoms with E-state index in [1.807, 2.05) is 0 Å². The number of hydrogen-bond donors (Lipinski definition) is 1. The van der Waals surface area contributed by atoms with Crippen LogP contribution in [0, 0.1) is 0 Å². The van der Waals surface area contributed by atoms with Crippen molar-refractivity contribution in [3.05, 3.63) is 25.3 Å². The second-order valence-corrected chi connectivity index (χ2v) is 3.33. The topological polar surface area (TPSA) is 150 Å². The fourth-order valence-corrected chi connectivity index (χ4v) is 0.235. The number of carbonyl (C=O) groups excluding carboxylic acids is 1. The van der Waals surface area contributed by atoms with E-state index >= 15 is 0 Å². The van der Waals surface area contributed by atoms with E-state index in [9.17, 15) is 9.90 Å². The van der Waals surface area contributed by atoms with Gasteiger partial charge in [0.05, 0.1) is 25.3 Å². The molecule has 108 valence electrons. The van der Waals surface area contributed by atoms with Gasteiger partial charge in [-0.05, 0) is 6.92 Å². The van der Waals surface area contributed by atoms with E-state index < -0.39 is 22.5 Å². The van der Waals surface area contributed by atoms with Gasteiger partial charge in [0, 0.05) is 10.4 Å². The molecule has 0 saturated heterocycles. The molecule has 0 bridgehead atoms. The zero-order valence-electron chi connectivity index (χ0n) is 12.8. The van der Waals surface area contributed by atoms with Gasteiger partial charge in [0.2, 0.25) is 0 Å². The molecule has 0 aromatic heterocycles. The van der Waals surface area contributed by atoms with E-state index in [-0.39, 0.29) is 88.7 Å². The quantitative estimate of drug-likeness (QED) is 0.168. The Morgan fingerprint density at radius 3 is 1.48 bits per heavy atom. The second-order valence-electron chi connectivity index (χ2n) is 2.52. The van der Waals surface area contributed by atoms with Crippen molar-refractivity contribution in [2.75, 3.05) is 13.2 Å². The van der Waals surface area contributed by atoms with E-state index in [0.29, 0.717) is 13.2 Å². The first-order chi connectivity index (χ1) is 8.06. The molecule has 0 heterocycles. The molecule has 0 unspecified atom stereocenters. The molecule has 1 atom stereocenters. The molecule has 0 aliphatic heterocycles. The summed E-state index contributed by atoms with van der Waals surface area (Å²) in [7, 11) is -5.17. The van der Waals surface area contributed by atoms with Crippen molar-refractivity contribution in [2.24, 2.45) is 0 Å². The Labute approximate surface area is 191 Å². The van der Waals surface area contributed by atoms with Crippen molar-refractivity contribution in [1.29, 1.82) is 0 Å². The van der Waals surface area contributed by atoms with Gasteiger partial charge >= 0.3 is 88.7 Å². The Balaban J connectivity index is -0.0000000379. The van der Waals surface area contributed by atoms with Gasteiger partial charge in [-0.25, -0.2) is 0 Å². The molecule has 0 saturated carbocycles. The van der Waals surface area contributed by atoms with Crippen molar-refractivity contribution in [3.8, 4) is 0 Å². The summed E-state index contributed by atoms with van der Waals surface area (Å²) < 4.78 is 39.0. The number of carboxylic acid groups (broad SMARTS) is 1. The summed E-state index contributed by atoms with van der Waals surface area (Å²) in [5.74, 6) is -1.44. The van der Waals surface area contributed by atoms with Crippen LogP contribution in [0.1, 0.15) is 6.92 Å². The Bertz CT molecular complexity index is 316. The van der Waals surface area contributed by atoms with Crippen LogP contribution in [0.25, 0.3) is 0 Å². The van der Waals surface area contributed by atoms with Crippen LogP contribution >= 0.6 is 0 Å². The number of hydrogen-bond acceptors (Lipinski definition) is 8. The van der Waals surface area contributed by atoms with Gasteiger partial charge in [-0.2, -0.15) is 0 Å². The number of carbonyl (C=O) groups is 1. The molecule has 0 aromatic rings. The number of carboxylic acids is 1. The third kappa shape index (κ3) is 89.3. The fraction of sp³-hybridized carbons (Fsp3) is 0.444. The van der Waals surface area contributed by atoms with Crippen LogP contribution in [0.5, 0.6) is 0 Å². The molecule has 1 N–H and O–H groups in total. The molecule has 0 radical (unpaired) electrons. The maximum atomic E-state index is 9.34. The van der Waals surface area contributed by atoms with Crippen molar-refractivity contribution in [1.82, 2.24) is 0 Å². The van der Waals surface area contributed by atoms with Gasteiger partial charge in [0.1, 0.15) is 0 Å². The van der Waals surface area contributed by atoms with E-state index in [4.69, 9.17) is 27.4 Å². The van der Waals surface area contributed by atoms with E-state index in [1.165, 1.54) is 0 Å². The van der Waals surface area contributed by atoms with E-state index in [1.54, 1.807) is 12.2 Å². The Hall–Kier alpha value is 1.74.